The van der Waals surface area contributed by atoms with Crippen LogP contribution in [0.2, 0.25) is 0 Å². The van der Waals surface area contributed by atoms with Crippen molar-refractivity contribution in [3.05, 3.63) is 11.7 Å². The molecule has 7 nitrogen and oxygen atoms in total. The Labute approximate surface area is 163 Å². The molecule has 1 atom stereocenters. The molecule has 2 fully saturated rings. The fourth-order valence-corrected chi connectivity index (χ4v) is 4.18. The lowest BCUT2D eigenvalue weighted by Crippen LogP contribution is -2.53. The molecule has 1 aliphatic carbocycles. The maximum Gasteiger partial charge on any atom is 0.228 e. The van der Waals surface area contributed by atoms with Crippen LogP contribution in [0, 0.1) is 0 Å². The number of aliphatic imine (C=N–C) groups is 1. The highest BCUT2D eigenvalue weighted by Gasteiger charge is 2.27. The first kappa shape index (κ1) is 20.1. The second-order valence-electron chi connectivity index (χ2n) is 8.22. The number of rotatable bonds is 6. The molecule has 7 heteroatoms. The topological polar surface area (TPSA) is 78.6 Å². The molecule has 2 aliphatic rings. The van der Waals surface area contributed by atoms with E-state index in [9.17, 15) is 0 Å². The molecule has 0 aromatic carbocycles. The van der Waals surface area contributed by atoms with Crippen molar-refractivity contribution in [2.75, 3.05) is 26.7 Å². The lowest BCUT2D eigenvalue weighted by molar-refractivity contribution is 0.115. The molecule has 1 saturated heterocycles. The highest BCUT2D eigenvalue weighted by Crippen LogP contribution is 2.25. The predicted octanol–water partition coefficient (Wildman–Crippen LogP) is 2.70. The van der Waals surface area contributed by atoms with Crippen LogP contribution >= 0.6 is 0 Å². The first-order chi connectivity index (χ1) is 13.2. The van der Waals surface area contributed by atoms with Crippen LogP contribution < -0.4 is 10.6 Å². The van der Waals surface area contributed by atoms with Crippen LogP contribution in [-0.4, -0.2) is 59.8 Å². The minimum atomic E-state index is 0.295. The Balaban J connectivity index is 1.42. The Hall–Kier alpha value is -1.63. The maximum absolute atomic E-state index is 5.30. The third-order valence-corrected chi connectivity index (χ3v) is 5.74. The van der Waals surface area contributed by atoms with Crippen molar-refractivity contribution in [3.8, 4) is 0 Å². The van der Waals surface area contributed by atoms with E-state index in [1.807, 2.05) is 7.05 Å². The van der Waals surface area contributed by atoms with Gasteiger partial charge in [-0.25, -0.2) is 0 Å². The van der Waals surface area contributed by atoms with E-state index in [4.69, 9.17) is 4.52 Å². The minimum absolute atomic E-state index is 0.295. The van der Waals surface area contributed by atoms with E-state index in [0.717, 1.165) is 30.9 Å². The molecule has 1 aromatic heterocycles. The normalized spacial score (nSPS) is 23.0. The Morgan fingerprint density at radius 1 is 1.22 bits per heavy atom. The quantitative estimate of drug-likeness (QED) is 0.587. The summed E-state index contributed by atoms with van der Waals surface area (Å²) in [5.74, 6) is 2.62. The third kappa shape index (κ3) is 5.92. The van der Waals surface area contributed by atoms with Crippen LogP contribution in [0.4, 0.5) is 0 Å². The van der Waals surface area contributed by atoms with Gasteiger partial charge in [0.15, 0.2) is 11.8 Å². The summed E-state index contributed by atoms with van der Waals surface area (Å²) >= 11 is 0. The van der Waals surface area contributed by atoms with E-state index >= 15 is 0 Å². The molecule has 1 saturated carbocycles. The molecular formula is C20H36N6O. The lowest BCUT2D eigenvalue weighted by Gasteiger charge is -2.40. The van der Waals surface area contributed by atoms with Crippen molar-refractivity contribution in [1.29, 1.82) is 0 Å². The van der Waals surface area contributed by atoms with Gasteiger partial charge in [-0.1, -0.05) is 38.3 Å². The number of nitrogens with one attached hydrogen (secondary N) is 2. The first-order valence-corrected chi connectivity index (χ1v) is 10.7. The lowest BCUT2D eigenvalue weighted by atomic mass is 9.92. The smallest absolute Gasteiger partial charge is 0.228 e. The number of aromatic nitrogens is 2. The van der Waals surface area contributed by atoms with Crippen molar-refractivity contribution >= 4 is 5.96 Å². The Morgan fingerprint density at radius 3 is 2.74 bits per heavy atom. The van der Waals surface area contributed by atoms with Gasteiger partial charge in [0.1, 0.15) is 0 Å². The molecule has 0 amide bonds. The predicted molar refractivity (Wildman–Crippen MR) is 108 cm³/mol. The second-order valence-corrected chi connectivity index (χ2v) is 8.22. The van der Waals surface area contributed by atoms with Gasteiger partial charge in [-0.3, -0.25) is 9.89 Å². The summed E-state index contributed by atoms with van der Waals surface area (Å²) < 4.78 is 5.30. The fraction of sp³-hybridized carbons (Fsp3) is 0.850. The van der Waals surface area contributed by atoms with Gasteiger partial charge in [-0.05, 0) is 32.2 Å². The molecule has 0 radical (unpaired) electrons. The van der Waals surface area contributed by atoms with Gasteiger partial charge in [0, 0.05) is 44.6 Å². The van der Waals surface area contributed by atoms with Gasteiger partial charge in [-0.2, -0.15) is 4.98 Å². The highest BCUT2D eigenvalue weighted by atomic mass is 16.5. The van der Waals surface area contributed by atoms with E-state index in [0.29, 0.717) is 24.3 Å². The van der Waals surface area contributed by atoms with Crippen molar-refractivity contribution in [1.82, 2.24) is 25.7 Å². The number of hydrogen-bond acceptors (Lipinski definition) is 5. The fourth-order valence-electron chi connectivity index (χ4n) is 4.18. The zero-order chi connectivity index (χ0) is 19.1. The van der Waals surface area contributed by atoms with E-state index < -0.39 is 0 Å². The van der Waals surface area contributed by atoms with Crippen LogP contribution in [0.15, 0.2) is 9.52 Å². The summed E-state index contributed by atoms with van der Waals surface area (Å²) in [6.45, 7) is 7.26. The van der Waals surface area contributed by atoms with Crippen molar-refractivity contribution in [2.24, 2.45) is 4.99 Å². The first-order valence-electron chi connectivity index (χ1n) is 10.7. The molecular weight excluding hydrogens is 340 g/mol. The van der Waals surface area contributed by atoms with Crippen molar-refractivity contribution in [3.63, 3.8) is 0 Å². The zero-order valence-corrected chi connectivity index (χ0v) is 17.2. The van der Waals surface area contributed by atoms with Gasteiger partial charge in [0.2, 0.25) is 5.89 Å². The Bertz CT molecular complexity index is 593. The number of nitrogens with zero attached hydrogens (tertiary/aromatic N) is 4. The molecule has 3 rings (SSSR count). The molecule has 2 heterocycles. The molecule has 1 aliphatic heterocycles. The molecule has 0 spiro atoms. The average molecular weight is 377 g/mol. The van der Waals surface area contributed by atoms with E-state index in [2.05, 4.69) is 44.5 Å². The van der Waals surface area contributed by atoms with E-state index in [1.165, 1.54) is 51.5 Å². The summed E-state index contributed by atoms with van der Waals surface area (Å²) in [6.07, 6.45) is 10.2. The Kier molecular flexibility index (Phi) is 7.50. The largest absolute Gasteiger partial charge is 0.356 e. The molecule has 152 valence electrons. The number of hydrogen-bond donors (Lipinski definition) is 2. The number of guanidine groups is 1. The van der Waals surface area contributed by atoms with Crippen molar-refractivity contribution in [2.45, 2.75) is 83.2 Å². The Morgan fingerprint density at radius 2 is 2.04 bits per heavy atom. The van der Waals surface area contributed by atoms with Gasteiger partial charge < -0.3 is 15.2 Å². The number of piperidine rings is 1. The van der Waals surface area contributed by atoms with Crippen LogP contribution in [0.3, 0.4) is 0 Å². The van der Waals surface area contributed by atoms with Gasteiger partial charge in [-0.15, -0.1) is 0 Å². The van der Waals surface area contributed by atoms with Gasteiger partial charge in [0.05, 0.1) is 0 Å². The van der Waals surface area contributed by atoms with Crippen LogP contribution in [-0.2, 0) is 6.42 Å². The molecule has 2 N–H and O–H groups in total. The van der Waals surface area contributed by atoms with Crippen LogP contribution in [0.5, 0.6) is 0 Å². The maximum atomic E-state index is 5.30. The van der Waals surface area contributed by atoms with Gasteiger partial charge in [0.25, 0.3) is 0 Å². The summed E-state index contributed by atoms with van der Waals surface area (Å²) in [5, 5.41) is 11.0. The summed E-state index contributed by atoms with van der Waals surface area (Å²) in [6, 6.07) is 1.27. The zero-order valence-electron chi connectivity index (χ0n) is 17.2. The van der Waals surface area contributed by atoms with E-state index in [1.54, 1.807) is 0 Å². The van der Waals surface area contributed by atoms with Crippen LogP contribution in [0.25, 0.3) is 0 Å². The SMILES string of the molecule is CN=C(NCCc1nc(C(C)C)no1)NC1CCCN(C2CCCCC2)C1. The molecule has 1 unspecified atom stereocenters. The average Bonchev–Trinajstić information content (AvgIpc) is 3.17. The summed E-state index contributed by atoms with van der Waals surface area (Å²) in [5.41, 5.74) is 0. The van der Waals surface area contributed by atoms with Gasteiger partial charge >= 0.3 is 0 Å². The summed E-state index contributed by atoms with van der Waals surface area (Å²) in [4.78, 5) is 11.5. The molecule has 1 aromatic rings. The third-order valence-electron chi connectivity index (χ3n) is 5.74. The minimum Gasteiger partial charge on any atom is -0.356 e. The monoisotopic (exact) mass is 376 g/mol. The standard InChI is InChI=1S/C20H36N6O/c1-15(2)19-24-18(27-25-19)11-12-22-20(21-3)23-16-8-7-13-26(14-16)17-9-5-4-6-10-17/h15-17H,4-14H2,1-3H3,(H2,21,22,23). The second kappa shape index (κ2) is 10.1. The highest BCUT2D eigenvalue weighted by molar-refractivity contribution is 5.79. The van der Waals surface area contributed by atoms with E-state index in [-0.39, 0.29) is 0 Å². The summed E-state index contributed by atoms with van der Waals surface area (Å²) in [7, 11) is 1.83. The number of likely N-dealkylation sites (tertiary alicyclic amines) is 1. The molecule has 27 heavy (non-hydrogen) atoms. The molecule has 0 bridgehead atoms. The van der Waals surface area contributed by atoms with Crippen molar-refractivity contribution < 1.29 is 4.52 Å². The van der Waals surface area contributed by atoms with Crippen LogP contribution in [0.1, 0.15) is 76.4 Å².